The third kappa shape index (κ3) is 3.49. The maximum Gasteiger partial charge on any atom is 0.0817 e. The number of halogens is 1. The summed E-state index contributed by atoms with van der Waals surface area (Å²) in [5, 5.41) is 8.53. The molecule has 0 saturated carbocycles. The van der Waals surface area contributed by atoms with E-state index in [1.165, 1.54) is 5.69 Å². The van der Waals surface area contributed by atoms with Crippen molar-refractivity contribution in [1.82, 2.24) is 15.1 Å². The standard InChI is InChI=1S/C12H22ClN3/c1-4-10(14-5-2)7-8-12-11(13)9-15-16(12)6-3/h9-10,14H,4-8H2,1-3H3. The van der Waals surface area contributed by atoms with Crippen molar-refractivity contribution < 1.29 is 0 Å². The Bertz CT molecular complexity index is 309. The summed E-state index contributed by atoms with van der Waals surface area (Å²) in [6.45, 7) is 8.37. The van der Waals surface area contributed by atoms with Gasteiger partial charge in [-0.05, 0) is 32.7 Å². The lowest BCUT2D eigenvalue weighted by Gasteiger charge is -2.15. The zero-order valence-corrected chi connectivity index (χ0v) is 11.2. The van der Waals surface area contributed by atoms with E-state index in [0.717, 1.165) is 37.4 Å². The summed E-state index contributed by atoms with van der Waals surface area (Å²) in [5.74, 6) is 0. The molecule has 3 nitrogen and oxygen atoms in total. The second kappa shape index (κ2) is 6.92. The molecule has 0 bridgehead atoms. The van der Waals surface area contributed by atoms with Crippen LogP contribution in [0.15, 0.2) is 6.20 Å². The summed E-state index contributed by atoms with van der Waals surface area (Å²) in [6, 6.07) is 0.585. The maximum absolute atomic E-state index is 6.12. The number of rotatable bonds is 7. The Morgan fingerprint density at radius 2 is 2.19 bits per heavy atom. The van der Waals surface area contributed by atoms with Gasteiger partial charge in [0.2, 0.25) is 0 Å². The number of aromatic nitrogens is 2. The molecular formula is C12H22ClN3. The maximum atomic E-state index is 6.12. The van der Waals surface area contributed by atoms with Crippen LogP contribution in [0.1, 0.15) is 39.3 Å². The second-order valence-electron chi connectivity index (χ2n) is 3.96. The molecule has 1 rings (SSSR count). The van der Waals surface area contributed by atoms with Gasteiger partial charge in [0.25, 0.3) is 0 Å². The van der Waals surface area contributed by atoms with Crippen molar-refractivity contribution in [2.45, 2.75) is 52.6 Å². The van der Waals surface area contributed by atoms with Gasteiger partial charge in [0, 0.05) is 12.6 Å². The fraction of sp³-hybridized carbons (Fsp3) is 0.750. The predicted octanol–water partition coefficient (Wildman–Crippen LogP) is 2.88. The van der Waals surface area contributed by atoms with Crippen molar-refractivity contribution in [3.05, 3.63) is 16.9 Å². The van der Waals surface area contributed by atoms with Gasteiger partial charge in [-0.15, -0.1) is 0 Å². The molecule has 16 heavy (non-hydrogen) atoms. The van der Waals surface area contributed by atoms with E-state index < -0.39 is 0 Å². The third-order valence-electron chi connectivity index (χ3n) is 2.91. The number of nitrogens with one attached hydrogen (secondary N) is 1. The van der Waals surface area contributed by atoms with Gasteiger partial charge in [-0.1, -0.05) is 25.4 Å². The normalized spacial score (nSPS) is 13.0. The SMILES string of the molecule is CCNC(CC)CCc1c(Cl)cnn1CC. The lowest BCUT2D eigenvalue weighted by molar-refractivity contribution is 0.471. The largest absolute Gasteiger partial charge is 0.314 e. The molecule has 0 amide bonds. The molecule has 1 heterocycles. The molecule has 0 saturated heterocycles. The van der Waals surface area contributed by atoms with Crippen LogP contribution in [-0.4, -0.2) is 22.4 Å². The zero-order valence-electron chi connectivity index (χ0n) is 10.5. The van der Waals surface area contributed by atoms with E-state index in [-0.39, 0.29) is 0 Å². The molecule has 0 fully saturated rings. The minimum atomic E-state index is 0.585. The highest BCUT2D eigenvalue weighted by Gasteiger charge is 2.11. The van der Waals surface area contributed by atoms with Crippen molar-refractivity contribution >= 4 is 11.6 Å². The molecular weight excluding hydrogens is 222 g/mol. The topological polar surface area (TPSA) is 29.9 Å². The molecule has 0 spiro atoms. The van der Waals surface area contributed by atoms with Gasteiger partial charge in [-0.2, -0.15) is 5.10 Å². The van der Waals surface area contributed by atoms with Crippen LogP contribution in [0.25, 0.3) is 0 Å². The third-order valence-corrected chi connectivity index (χ3v) is 3.23. The van der Waals surface area contributed by atoms with Gasteiger partial charge in [0.1, 0.15) is 0 Å². The highest BCUT2D eigenvalue weighted by Crippen LogP contribution is 2.18. The van der Waals surface area contributed by atoms with Crippen molar-refractivity contribution in [2.24, 2.45) is 0 Å². The Balaban J connectivity index is 2.55. The van der Waals surface area contributed by atoms with E-state index >= 15 is 0 Å². The van der Waals surface area contributed by atoms with Crippen LogP contribution in [0.4, 0.5) is 0 Å². The Hall–Kier alpha value is -0.540. The molecule has 0 aliphatic heterocycles. The monoisotopic (exact) mass is 243 g/mol. The quantitative estimate of drug-likeness (QED) is 0.798. The van der Waals surface area contributed by atoms with Crippen molar-refractivity contribution in [3.8, 4) is 0 Å². The molecule has 0 radical (unpaired) electrons. The second-order valence-corrected chi connectivity index (χ2v) is 4.36. The number of hydrogen-bond acceptors (Lipinski definition) is 2. The minimum absolute atomic E-state index is 0.585. The van der Waals surface area contributed by atoms with Crippen LogP contribution < -0.4 is 5.32 Å². The highest BCUT2D eigenvalue weighted by atomic mass is 35.5. The van der Waals surface area contributed by atoms with Gasteiger partial charge in [0.05, 0.1) is 16.9 Å². The first-order valence-corrected chi connectivity index (χ1v) is 6.54. The Labute approximate surface area is 103 Å². The summed E-state index contributed by atoms with van der Waals surface area (Å²) in [5.41, 5.74) is 1.17. The molecule has 1 N–H and O–H groups in total. The Kier molecular flexibility index (Phi) is 5.85. The summed E-state index contributed by atoms with van der Waals surface area (Å²) in [7, 11) is 0. The fourth-order valence-corrected chi connectivity index (χ4v) is 2.19. The van der Waals surface area contributed by atoms with E-state index in [4.69, 9.17) is 11.6 Å². The first kappa shape index (κ1) is 13.5. The van der Waals surface area contributed by atoms with Gasteiger partial charge in [-0.25, -0.2) is 0 Å². The van der Waals surface area contributed by atoms with Gasteiger partial charge in [-0.3, -0.25) is 4.68 Å². The van der Waals surface area contributed by atoms with Crippen molar-refractivity contribution in [3.63, 3.8) is 0 Å². The van der Waals surface area contributed by atoms with E-state index in [2.05, 4.69) is 31.2 Å². The molecule has 1 aromatic heterocycles. The van der Waals surface area contributed by atoms with Crippen molar-refractivity contribution in [2.75, 3.05) is 6.54 Å². The van der Waals surface area contributed by atoms with Gasteiger partial charge in [0.15, 0.2) is 0 Å². The average molecular weight is 244 g/mol. The highest BCUT2D eigenvalue weighted by molar-refractivity contribution is 6.31. The smallest absolute Gasteiger partial charge is 0.0817 e. The Morgan fingerprint density at radius 1 is 1.44 bits per heavy atom. The first-order chi connectivity index (χ1) is 7.72. The average Bonchev–Trinajstić information content (AvgIpc) is 2.65. The molecule has 92 valence electrons. The molecule has 1 aromatic rings. The first-order valence-electron chi connectivity index (χ1n) is 6.16. The number of aryl methyl sites for hydroxylation is 1. The van der Waals surface area contributed by atoms with Crippen LogP contribution in [-0.2, 0) is 13.0 Å². The van der Waals surface area contributed by atoms with E-state index in [0.29, 0.717) is 6.04 Å². The minimum Gasteiger partial charge on any atom is -0.314 e. The predicted molar refractivity (Wildman–Crippen MR) is 69.0 cm³/mol. The molecule has 1 unspecified atom stereocenters. The fourth-order valence-electron chi connectivity index (χ4n) is 1.96. The molecule has 1 atom stereocenters. The van der Waals surface area contributed by atoms with Crippen LogP contribution >= 0.6 is 11.6 Å². The number of nitrogens with zero attached hydrogens (tertiary/aromatic N) is 2. The van der Waals surface area contributed by atoms with E-state index in [9.17, 15) is 0 Å². The van der Waals surface area contributed by atoms with E-state index in [1.54, 1.807) is 6.20 Å². The lowest BCUT2D eigenvalue weighted by Crippen LogP contribution is -2.28. The zero-order chi connectivity index (χ0) is 12.0. The van der Waals surface area contributed by atoms with Gasteiger partial charge < -0.3 is 5.32 Å². The summed E-state index contributed by atoms with van der Waals surface area (Å²) in [4.78, 5) is 0. The van der Waals surface area contributed by atoms with Crippen molar-refractivity contribution in [1.29, 1.82) is 0 Å². The molecule has 0 aliphatic rings. The molecule has 4 heteroatoms. The lowest BCUT2D eigenvalue weighted by atomic mass is 10.1. The summed E-state index contributed by atoms with van der Waals surface area (Å²) in [6.07, 6.45) is 5.02. The van der Waals surface area contributed by atoms with Crippen LogP contribution in [0.5, 0.6) is 0 Å². The van der Waals surface area contributed by atoms with Crippen LogP contribution in [0.3, 0.4) is 0 Å². The molecule has 0 aliphatic carbocycles. The van der Waals surface area contributed by atoms with E-state index in [1.807, 2.05) is 4.68 Å². The summed E-state index contributed by atoms with van der Waals surface area (Å²) >= 11 is 6.12. The number of hydrogen-bond donors (Lipinski definition) is 1. The Morgan fingerprint density at radius 3 is 2.75 bits per heavy atom. The van der Waals surface area contributed by atoms with Gasteiger partial charge >= 0.3 is 0 Å². The molecule has 0 aromatic carbocycles. The van der Waals surface area contributed by atoms with Crippen LogP contribution in [0, 0.1) is 0 Å². The van der Waals surface area contributed by atoms with Crippen LogP contribution in [0.2, 0.25) is 5.02 Å². The summed E-state index contributed by atoms with van der Waals surface area (Å²) < 4.78 is 1.99.